The van der Waals surface area contributed by atoms with Crippen LogP contribution in [0.15, 0.2) is 16.9 Å². The van der Waals surface area contributed by atoms with Crippen LogP contribution in [0.4, 0.5) is 23.8 Å². The van der Waals surface area contributed by atoms with Crippen LogP contribution in [-0.4, -0.2) is 21.2 Å². The summed E-state index contributed by atoms with van der Waals surface area (Å²) in [5, 5.41) is 9.16. The van der Waals surface area contributed by atoms with Gasteiger partial charge in [-0.3, -0.25) is 0 Å². The highest BCUT2D eigenvalue weighted by Gasteiger charge is 2.32. The number of anilines is 1. The molecule has 0 fully saturated rings. The number of fused-ring (bicyclic) bond motifs is 1. The van der Waals surface area contributed by atoms with Crippen molar-refractivity contribution >= 4 is 22.8 Å². The maximum atomic E-state index is 12.9. The Morgan fingerprint density at radius 3 is 2.59 bits per heavy atom. The summed E-state index contributed by atoms with van der Waals surface area (Å²) < 4.78 is 38.6. The Morgan fingerprint density at radius 2 is 2.09 bits per heavy atom. The molecule has 4 N–H and O–H groups in total. The third-order valence-corrected chi connectivity index (χ3v) is 3.04. The summed E-state index contributed by atoms with van der Waals surface area (Å²) in [6, 6.07) is 1.60. The number of hydrogen-bond acceptors (Lipinski definition) is 4. The average molecular weight is 316 g/mol. The molecule has 0 aliphatic carbocycles. The average Bonchev–Trinajstić information content (AvgIpc) is 2.42. The minimum Gasteiger partial charge on any atom is -0.464 e. The number of aromatic amines is 1. The summed E-state index contributed by atoms with van der Waals surface area (Å²) in [6.07, 6.45) is -6.04. The molecule has 2 rings (SSSR count). The van der Waals surface area contributed by atoms with Gasteiger partial charge in [0.05, 0.1) is 11.1 Å². The molecule has 0 saturated heterocycles. The highest BCUT2D eigenvalue weighted by molar-refractivity contribution is 5.99. The predicted octanol–water partition coefficient (Wildman–Crippen LogP) is 1.86. The van der Waals surface area contributed by atoms with Crippen LogP contribution in [0.25, 0.3) is 10.9 Å². The Hall–Kier alpha value is -2.62. The maximum absolute atomic E-state index is 12.9. The number of carboxylic acid groups (broad SMARTS) is 1. The minimum absolute atomic E-state index is 0.0556. The molecule has 0 bridgehead atoms. The molecule has 0 aliphatic heterocycles. The zero-order valence-electron chi connectivity index (χ0n) is 11.2. The fourth-order valence-corrected chi connectivity index (χ4v) is 2.07. The molecule has 1 aromatic heterocycles. The summed E-state index contributed by atoms with van der Waals surface area (Å²) in [7, 11) is 0. The molecule has 0 unspecified atom stereocenters. The number of alkyl halides is 3. The van der Waals surface area contributed by atoms with Crippen LogP contribution in [0.5, 0.6) is 0 Å². The van der Waals surface area contributed by atoms with Crippen LogP contribution in [0.1, 0.15) is 18.1 Å². The van der Waals surface area contributed by atoms with E-state index in [9.17, 15) is 22.8 Å². The van der Waals surface area contributed by atoms with Crippen LogP contribution in [0.3, 0.4) is 0 Å². The molecule has 0 saturated carbocycles. The summed E-state index contributed by atoms with van der Waals surface area (Å²) in [6.45, 7) is 1.59. The van der Waals surface area contributed by atoms with Crippen molar-refractivity contribution in [1.82, 2.24) is 9.97 Å². The SMILES string of the molecule is CCc1cc(C(F)(F)F)cc2[nH]c(=O)nc(N(N)C(=O)O)c12. The number of nitrogens with zero attached hydrogens (tertiary/aromatic N) is 2. The summed E-state index contributed by atoms with van der Waals surface area (Å²) in [5.74, 6) is 4.90. The second kappa shape index (κ2) is 5.30. The fourth-order valence-electron chi connectivity index (χ4n) is 2.07. The van der Waals surface area contributed by atoms with Crippen molar-refractivity contribution in [1.29, 1.82) is 0 Å². The Kier molecular flexibility index (Phi) is 3.79. The van der Waals surface area contributed by atoms with E-state index in [0.29, 0.717) is 0 Å². The quantitative estimate of drug-likeness (QED) is 0.445. The Labute approximate surface area is 121 Å². The van der Waals surface area contributed by atoms with Gasteiger partial charge in [0.2, 0.25) is 0 Å². The van der Waals surface area contributed by atoms with Crippen molar-refractivity contribution in [2.75, 3.05) is 5.01 Å². The highest BCUT2D eigenvalue weighted by Crippen LogP contribution is 2.34. The van der Waals surface area contributed by atoms with E-state index in [4.69, 9.17) is 10.9 Å². The number of aromatic nitrogens is 2. The van der Waals surface area contributed by atoms with Gasteiger partial charge in [0.25, 0.3) is 0 Å². The highest BCUT2D eigenvalue weighted by atomic mass is 19.4. The molecule has 1 heterocycles. The number of hydrogen-bond donors (Lipinski definition) is 3. The molecule has 7 nitrogen and oxygen atoms in total. The van der Waals surface area contributed by atoms with Gasteiger partial charge < -0.3 is 10.1 Å². The fraction of sp³-hybridized carbons (Fsp3) is 0.250. The number of benzene rings is 1. The molecule has 10 heteroatoms. The van der Waals surface area contributed by atoms with Crippen LogP contribution in [0, 0.1) is 0 Å². The normalized spacial score (nSPS) is 11.7. The van der Waals surface area contributed by atoms with Crippen LogP contribution in [-0.2, 0) is 12.6 Å². The van der Waals surface area contributed by atoms with Crippen molar-refractivity contribution in [2.24, 2.45) is 5.84 Å². The van der Waals surface area contributed by atoms with Gasteiger partial charge in [-0.25, -0.2) is 15.4 Å². The largest absolute Gasteiger partial charge is 0.464 e. The Morgan fingerprint density at radius 1 is 1.45 bits per heavy atom. The molecule has 22 heavy (non-hydrogen) atoms. The molecule has 118 valence electrons. The molecular formula is C12H11F3N4O3. The molecule has 0 spiro atoms. The summed E-state index contributed by atoms with van der Waals surface area (Å²) >= 11 is 0. The first-order valence-electron chi connectivity index (χ1n) is 6.07. The number of nitrogens with two attached hydrogens (primary N) is 1. The number of nitrogens with one attached hydrogen (secondary N) is 1. The van der Waals surface area contributed by atoms with Gasteiger partial charge in [-0.05, 0) is 24.1 Å². The lowest BCUT2D eigenvalue weighted by Gasteiger charge is -2.17. The van der Waals surface area contributed by atoms with E-state index in [1.807, 2.05) is 0 Å². The maximum Gasteiger partial charge on any atom is 0.427 e. The molecule has 1 aromatic carbocycles. The van der Waals surface area contributed by atoms with E-state index in [1.165, 1.54) is 0 Å². The zero-order chi connectivity index (χ0) is 16.7. The van der Waals surface area contributed by atoms with E-state index < -0.39 is 29.3 Å². The van der Waals surface area contributed by atoms with E-state index in [1.54, 1.807) is 6.92 Å². The van der Waals surface area contributed by atoms with Gasteiger partial charge in [-0.15, -0.1) is 0 Å². The Balaban J connectivity index is 2.90. The van der Waals surface area contributed by atoms with Crippen molar-refractivity contribution in [2.45, 2.75) is 19.5 Å². The van der Waals surface area contributed by atoms with Gasteiger partial charge >= 0.3 is 18.0 Å². The van der Waals surface area contributed by atoms with Crippen LogP contribution < -0.4 is 16.5 Å². The third kappa shape index (κ3) is 2.72. The number of carbonyl (C=O) groups is 1. The number of H-pyrrole nitrogens is 1. The van der Waals surface area contributed by atoms with Crippen molar-refractivity contribution in [3.05, 3.63) is 33.7 Å². The molecular weight excluding hydrogens is 305 g/mol. The van der Waals surface area contributed by atoms with E-state index in [-0.39, 0.29) is 27.9 Å². The zero-order valence-corrected chi connectivity index (χ0v) is 11.2. The number of rotatable bonds is 2. The summed E-state index contributed by atoms with van der Waals surface area (Å²) in [5.41, 5.74) is -1.97. The Bertz CT molecular complexity index is 801. The first kappa shape index (κ1) is 15.8. The van der Waals surface area contributed by atoms with Crippen molar-refractivity contribution < 1.29 is 23.1 Å². The lowest BCUT2D eigenvalue weighted by Crippen LogP contribution is -2.38. The molecule has 0 aliphatic rings. The molecule has 1 amide bonds. The molecule has 0 radical (unpaired) electrons. The van der Waals surface area contributed by atoms with Gasteiger partial charge in [0, 0.05) is 5.39 Å². The van der Waals surface area contributed by atoms with Gasteiger partial charge in [0.15, 0.2) is 5.82 Å². The lowest BCUT2D eigenvalue weighted by molar-refractivity contribution is -0.137. The van der Waals surface area contributed by atoms with E-state index in [0.717, 1.165) is 12.1 Å². The molecule has 2 aromatic rings. The van der Waals surface area contributed by atoms with Crippen LogP contribution in [0.2, 0.25) is 0 Å². The number of halogens is 3. The number of amides is 1. The third-order valence-electron chi connectivity index (χ3n) is 3.04. The number of aryl methyl sites for hydroxylation is 1. The number of hydrazine groups is 1. The van der Waals surface area contributed by atoms with E-state index >= 15 is 0 Å². The summed E-state index contributed by atoms with van der Waals surface area (Å²) in [4.78, 5) is 28.0. The van der Waals surface area contributed by atoms with Gasteiger partial charge in [-0.2, -0.15) is 23.2 Å². The first-order chi connectivity index (χ1) is 10.1. The lowest BCUT2D eigenvalue weighted by atomic mass is 10.0. The van der Waals surface area contributed by atoms with Gasteiger partial charge in [0.1, 0.15) is 0 Å². The van der Waals surface area contributed by atoms with Crippen molar-refractivity contribution in [3.63, 3.8) is 0 Å². The predicted molar refractivity (Wildman–Crippen MR) is 71.4 cm³/mol. The second-order valence-electron chi connectivity index (χ2n) is 4.43. The minimum atomic E-state index is -4.60. The van der Waals surface area contributed by atoms with Gasteiger partial charge in [-0.1, -0.05) is 6.92 Å². The van der Waals surface area contributed by atoms with E-state index in [2.05, 4.69) is 9.97 Å². The topological polar surface area (TPSA) is 112 Å². The smallest absolute Gasteiger partial charge is 0.427 e. The van der Waals surface area contributed by atoms with Crippen LogP contribution >= 0.6 is 0 Å². The standard InChI is InChI=1S/C12H11F3N4O3/c1-2-5-3-6(12(13,14)15)4-7-8(5)9(18-10(20)17-7)19(16)11(21)22/h3-4H,2,16H2,1H3,(H,21,22)(H,17,18,20). The monoisotopic (exact) mass is 316 g/mol. The molecule has 0 atom stereocenters. The first-order valence-corrected chi connectivity index (χ1v) is 6.07. The second-order valence-corrected chi connectivity index (χ2v) is 4.43. The van der Waals surface area contributed by atoms with Crippen molar-refractivity contribution in [3.8, 4) is 0 Å².